The van der Waals surface area contributed by atoms with Gasteiger partial charge in [0, 0.05) is 47.7 Å². The summed E-state index contributed by atoms with van der Waals surface area (Å²) in [5.74, 6) is -3.57. The second-order valence-electron chi connectivity index (χ2n) is 10.9. The zero-order valence-corrected chi connectivity index (χ0v) is 24.3. The van der Waals surface area contributed by atoms with Gasteiger partial charge in [0.1, 0.15) is 18.6 Å². The monoisotopic (exact) mass is 607 g/mol. The molecule has 2 saturated heterocycles. The van der Waals surface area contributed by atoms with Crippen molar-refractivity contribution in [3.05, 3.63) is 16.9 Å². The van der Waals surface area contributed by atoms with Crippen molar-refractivity contribution in [3.63, 3.8) is 0 Å². The fraction of sp³-hybridized carbons (Fsp3) is 0.667. The first kappa shape index (κ1) is 31.2. The number of fused-ring (bicyclic) bond motifs is 1. The lowest BCUT2D eigenvalue weighted by Crippen LogP contribution is -2.66. The molecule has 0 aliphatic carbocycles. The Morgan fingerprint density at radius 2 is 2.05 bits per heavy atom. The van der Waals surface area contributed by atoms with Crippen molar-refractivity contribution in [3.8, 4) is 0 Å². The number of aliphatic hydroxyl groups excluding tert-OH is 1. The Kier molecular flexibility index (Phi) is 9.67. The average Bonchev–Trinajstić information content (AvgIpc) is 3.66. The van der Waals surface area contributed by atoms with Gasteiger partial charge >= 0.3 is 5.97 Å². The molecule has 3 amide bonds. The van der Waals surface area contributed by atoms with Crippen molar-refractivity contribution in [2.24, 2.45) is 23.5 Å². The largest absolute Gasteiger partial charge is 0.477 e. The molecule has 1 aromatic rings. The minimum atomic E-state index is -1.20. The highest BCUT2D eigenvalue weighted by atomic mass is 32.2. The molecule has 18 heteroatoms. The normalized spacial score (nSPS) is 27.1. The van der Waals surface area contributed by atoms with Crippen molar-refractivity contribution >= 4 is 41.4 Å². The summed E-state index contributed by atoms with van der Waals surface area (Å²) in [7, 11) is 0. The van der Waals surface area contributed by atoms with Crippen LogP contribution in [0, 0.1) is 23.2 Å². The van der Waals surface area contributed by atoms with E-state index >= 15 is 0 Å². The third-order valence-corrected chi connectivity index (χ3v) is 9.44. The Morgan fingerprint density at radius 3 is 2.67 bits per heavy atom. The summed E-state index contributed by atoms with van der Waals surface area (Å²) in [5, 5.41) is 49.0. The molecule has 5 unspecified atom stereocenters. The first-order valence-electron chi connectivity index (χ1n) is 13.6. The second kappa shape index (κ2) is 13.0. The third-order valence-electron chi connectivity index (χ3n) is 7.93. The van der Waals surface area contributed by atoms with Gasteiger partial charge in [-0.05, 0) is 23.8 Å². The molecule has 9 N–H and O–H groups in total. The van der Waals surface area contributed by atoms with E-state index in [4.69, 9.17) is 11.1 Å². The number of aromatic nitrogens is 4. The van der Waals surface area contributed by atoms with Crippen molar-refractivity contribution in [1.82, 2.24) is 46.4 Å². The van der Waals surface area contributed by atoms with Crippen LogP contribution in [0.2, 0.25) is 0 Å². The van der Waals surface area contributed by atoms with E-state index in [1.54, 1.807) is 13.8 Å². The number of hydrogen-bond donors (Lipinski definition) is 8. The number of nitrogens with one attached hydrogen (secondary N) is 5. The fourth-order valence-electron chi connectivity index (χ4n) is 5.71. The number of carbonyl (C=O) groups excluding carboxylic acids is 3. The molecule has 8 atom stereocenters. The first-order valence-corrected chi connectivity index (χ1v) is 14.5. The van der Waals surface area contributed by atoms with Gasteiger partial charge in [-0.25, -0.2) is 9.48 Å². The zero-order valence-electron chi connectivity index (χ0n) is 23.5. The highest BCUT2D eigenvalue weighted by Gasteiger charge is 2.60. The van der Waals surface area contributed by atoms with E-state index in [1.807, 2.05) is 6.92 Å². The molecule has 0 bridgehead atoms. The van der Waals surface area contributed by atoms with Crippen LogP contribution in [0.3, 0.4) is 0 Å². The van der Waals surface area contributed by atoms with Gasteiger partial charge in [0.25, 0.3) is 0 Å². The molecule has 3 aliphatic heterocycles. The average molecular weight is 608 g/mol. The molecule has 4 rings (SSSR count). The Hall–Kier alpha value is -3.77. The van der Waals surface area contributed by atoms with E-state index in [9.17, 15) is 29.4 Å². The standard InChI is InChI=1S/C24H37N11O6S/c1-10(8-36)15(31-24(25)26)6-28-21(38)14-4-13(5-27-14)42-20-11(2)18-17(22(39)35(18)19(20)23(40)41)12(3)30-16(37)7-34-9-29-32-33-34/h9-15,17-18,27,36H,4-8H2,1-3H3,(H,28,38)(H,30,37)(H,40,41)(H4,25,26,31)/t10-,11?,12?,13?,14?,15?,17-,18-/m1/s1. The second-order valence-corrected chi connectivity index (χ2v) is 12.2. The maximum absolute atomic E-state index is 13.2. The highest BCUT2D eigenvalue weighted by Crippen LogP contribution is 2.51. The van der Waals surface area contributed by atoms with Crippen LogP contribution in [0.1, 0.15) is 27.2 Å². The van der Waals surface area contributed by atoms with E-state index in [1.165, 1.54) is 27.7 Å². The summed E-state index contributed by atoms with van der Waals surface area (Å²) in [4.78, 5) is 52.7. The molecule has 42 heavy (non-hydrogen) atoms. The summed E-state index contributed by atoms with van der Waals surface area (Å²) in [6, 6.07) is -1.90. The molecule has 17 nitrogen and oxygen atoms in total. The summed E-state index contributed by atoms with van der Waals surface area (Å²) >= 11 is 1.36. The first-order chi connectivity index (χ1) is 19.9. The molecule has 2 fully saturated rings. The van der Waals surface area contributed by atoms with Gasteiger partial charge in [-0.2, -0.15) is 0 Å². The van der Waals surface area contributed by atoms with Gasteiger partial charge in [-0.1, -0.05) is 13.8 Å². The predicted molar refractivity (Wildman–Crippen MR) is 149 cm³/mol. The summed E-state index contributed by atoms with van der Waals surface area (Å²) in [6.45, 7) is 5.73. The Balaban J connectivity index is 1.36. The Morgan fingerprint density at radius 1 is 1.31 bits per heavy atom. The van der Waals surface area contributed by atoms with E-state index in [0.29, 0.717) is 17.9 Å². The lowest BCUT2D eigenvalue weighted by atomic mass is 9.78. The number of thioether (sulfide) groups is 1. The number of rotatable bonds is 13. The molecule has 4 heterocycles. The lowest BCUT2D eigenvalue weighted by Gasteiger charge is -2.47. The van der Waals surface area contributed by atoms with Crippen LogP contribution in [-0.4, -0.2) is 114 Å². The molecule has 1 aromatic heterocycles. The summed E-state index contributed by atoms with van der Waals surface area (Å²) in [6.07, 6.45) is 1.74. The molecule has 0 aromatic carbocycles. The number of β-lactam (4-membered cyclic amide) rings is 1. The number of carboxylic acids is 1. The minimum absolute atomic E-state index is 0.0463. The van der Waals surface area contributed by atoms with Crippen LogP contribution < -0.4 is 27.0 Å². The quantitative estimate of drug-likeness (QED) is 0.0633. The molecule has 0 saturated carbocycles. The number of guanidine groups is 1. The number of hydrogen-bond acceptors (Lipinski definition) is 11. The number of aliphatic carboxylic acids is 1. The highest BCUT2D eigenvalue weighted by molar-refractivity contribution is 8.03. The number of carbonyl (C=O) groups is 4. The Bertz CT molecular complexity index is 1240. The van der Waals surface area contributed by atoms with E-state index < -0.39 is 36.1 Å². The van der Waals surface area contributed by atoms with Crippen molar-refractivity contribution in [2.75, 3.05) is 19.7 Å². The maximum atomic E-state index is 13.2. The maximum Gasteiger partial charge on any atom is 0.353 e. The summed E-state index contributed by atoms with van der Waals surface area (Å²) < 4.78 is 1.26. The van der Waals surface area contributed by atoms with Gasteiger partial charge in [0.15, 0.2) is 5.96 Å². The van der Waals surface area contributed by atoms with Gasteiger partial charge in [0.05, 0.1) is 24.0 Å². The van der Waals surface area contributed by atoms with Crippen molar-refractivity contribution in [1.29, 1.82) is 5.41 Å². The third kappa shape index (κ3) is 6.49. The minimum Gasteiger partial charge on any atom is -0.477 e. The molecule has 0 spiro atoms. The van der Waals surface area contributed by atoms with Crippen LogP contribution in [0.4, 0.5) is 0 Å². The molecule has 230 valence electrons. The van der Waals surface area contributed by atoms with E-state index in [2.05, 4.69) is 36.8 Å². The van der Waals surface area contributed by atoms with Gasteiger partial charge in [0.2, 0.25) is 17.7 Å². The van der Waals surface area contributed by atoms with Crippen LogP contribution in [0.15, 0.2) is 16.9 Å². The molecular weight excluding hydrogens is 570 g/mol. The van der Waals surface area contributed by atoms with Crippen molar-refractivity contribution in [2.45, 2.75) is 63.2 Å². The molecular formula is C24H37N11O6S. The summed E-state index contributed by atoms with van der Waals surface area (Å²) in [5.41, 5.74) is 5.38. The van der Waals surface area contributed by atoms with Crippen LogP contribution in [0.25, 0.3) is 0 Å². The smallest absolute Gasteiger partial charge is 0.353 e. The number of aliphatic hydroxyl groups is 1. The van der Waals surface area contributed by atoms with Crippen LogP contribution in [0.5, 0.6) is 0 Å². The van der Waals surface area contributed by atoms with Crippen LogP contribution >= 0.6 is 11.8 Å². The number of nitrogens with zero attached hydrogens (tertiary/aromatic N) is 5. The molecule has 0 radical (unpaired) electrons. The Labute approximate surface area is 245 Å². The van der Waals surface area contributed by atoms with E-state index in [-0.39, 0.29) is 66.2 Å². The number of tetrazole rings is 1. The number of carboxylic acid groups (broad SMARTS) is 1. The van der Waals surface area contributed by atoms with E-state index in [0.717, 1.165) is 0 Å². The van der Waals surface area contributed by atoms with Gasteiger partial charge < -0.3 is 42.1 Å². The predicted octanol–water partition coefficient (Wildman–Crippen LogP) is -2.99. The van der Waals surface area contributed by atoms with Gasteiger partial charge in [-0.3, -0.25) is 19.8 Å². The molecule has 3 aliphatic rings. The zero-order chi connectivity index (χ0) is 30.7. The van der Waals surface area contributed by atoms with Crippen molar-refractivity contribution < 1.29 is 29.4 Å². The fourth-order valence-corrected chi connectivity index (χ4v) is 7.19. The van der Waals surface area contributed by atoms with Gasteiger partial charge in [-0.15, -0.1) is 16.9 Å². The lowest BCUT2D eigenvalue weighted by molar-refractivity contribution is -0.158. The topological polar surface area (TPSA) is 254 Å². The number of nitrogens with two attached hydrogens (primary N) is 1. The van der Waals surface area contributed by atoms with Crippen LogP contribution in [-0.2, 0) is 25.7 Å². The number of amides is 3. The SMILES string of the molecule is CC(NC(=O)Cn1cnnn1)[C@H]1C(=O)N2C(C(=O)O)=C(SC3CNC(C(=O)NCC(NC(=N)N)[C@H](C)CO)C3)C(C)[C@H]12.